The van der Waals surface area contributed by atoms with E-state index in [1.165, 1.54) is 12.5 Å². The molecule has 5 N–H and O–H groups in total. The zero-order valence-corrected chi connectivity index (χ0v) is 13.9. The molecular formula is C17H18N6O3. The van der Waals surface area contributed by atoms with Crippen LogP contribution < -0.4 is 16.3 Å². The zero-order valence-electron chi connectivity index (χ0n) is 13.9. The largest absolute Gasteiger partial charge is 0.349 e. The Kier molecular flexibility index (Phi) is 3.83. The minimum absolute atomic E-state index is 0.115. The fourth-order valence-electron chi connectivity index (χ4n) is 2.94. The van der Waals surface area contributed by atoms with Crippen molar-refractivity contribution in [2.24, 2.45) is 0 Å². The number of nitrogens with zero attached hydrogens (tertiary/aromatic N) is 1. The number of H-pyrrole nitrogens is 3. The molecule has 26 heavy (non-hydrogen) atoms. The van der Waals surface area contributed by atoms with E-state index in [4.69, 9.17) is 0 Å². The van der Waals surface area contributed by atoms with Gasteiger partial charge in [0.05, 0.1) is 35.5 Å². The van der Waals surface area contributed by atoms with Gasteiger partial charge in [-0.05, 0) is 30.5 Å². The van der Waals surface area contributed by atoms with Crippen LogP contribution in [0.15, 0.2) is 35.5 Å². The molecule has 9 nitrogen and oxygen atoms in total. The summed E-state index contributed by atoms with van der Waals surface area (Å²) in [6.07, 6.45) is 4.75. The van der Waals surface area contributed by atoms with Crippen molar-refractivity contribution in [2.75, 3.05) is 6.54 Å². The molecule has 134 valence electrons. The van der Waals surface area contributed by atoms with Gasteiger partial charge in [0.25, 0.3) is 5.91 Å². The van der Waals surface area contributed by atoms with E-state index in [2.05, 4.69) is 30.6 Å². The number of carbonyl (C=O) groups is 2. The van der Waals surface area contributed by atoms with Gasteiger partial charge in [-0.15, -0.1) is 0 Å². The van der Waals surface area contributed by atoms with Crippen molar-refractivity contribution in [3.63, 3.8) is 0 Å². The molecule has 1 aliphatic rings. The second-order valence-electron chi connectivity index (χ2n) is 6.61. The maximum absolute atomic E-state index is 12.4. The molecule has 0 saturated heterocycles. The summed E-state index contributed by atoms with van der Waals surface area (Å²) in [5, 5.41) is 5.83. The number of aromatic amines is 3. The molecule has 0 radical (unpaired) electrons. The van der Waals surface area contributed by atoms with Gasteiger partial charge in [-0.25, -0.2) is 9.78 Å². The molecule has 3 aromatic rings. The van der Waals surface area contributed by atoms with E-state index in [0.29, 0.717) is 23.3 Å². The minimum Gasteiger partial charge on any atom is -0.349 e. The van der Waals surface area contributed by atoms with Crippen LogP contribution in [-0.2, 0) is 11.2 Å². The van der Waals surface area contributed by atoms with Crippen LogP contribution in [0.4, 0.5) is 0 Å². The van der Waals surface area contributed by atoms with Gasteiger partial charge >= 0.3 is 5.69 Å². The highest BCUT2D eigenvalue weighted by atomic mass is 16.2. The molecular weight excluding hydrogens is 336 g/mol. The number of imidazole rings is 2. The van der Waals surface area contributed by atoms with Crippen LogP contribution in [0.5, 0.6) is 0 Å². The number of amides is 2. The first-order valence-corrected chi connectivity index (χ1v) is 8.32. The van der Waals surface area contributed by atoms with E-state index in [1.807, 2.05) is 6.07 Å². The molecule has 1 fully saturated rings. The second kappa shape index (κ2) is 6.17. The zero-order chi connectivity index (χ0) is 18.1. The number of hydrogen-bond acceptors (Lipinski definition) is 4. The van der Waals surface area contributed by atoms with Crippen LogP contribution in [0.1, 0.15) is 28.9 Å². The molecule has 0 spiro atoms. The molecule has 4 rings (SSSR count). The fourth-order valence-corrected chi connectivity index (χ4v) is 2.94. The lowest BCUT2D eigenvalue weighted by atomic mass is 10.1. The van der Waals surface area contributed by atoms with Crippen molar-refractivity contribution in [2.45, 2.75) is 24.8 Å². The first kappa shape index (κ1) is 16.1. The van der Waals surface area contributed by atoms with Gasteiger partial charge in [0.2, 0.25) is 5.91 Å². The number of nitrogens with one attached hydrogen (secondary N) is 5. The summed E-state index contributed by atoms with van der Waals surface area (Å²) in [5.74, 6) is -0.361. The van der Waals surface area contributed by atoms with Crippen LogP contribution in [0.25, 0.3) is 11.0 Å². The van der Waals surface area contributed by atoms with E-state index in [-0.39, 0.29) is 29.5 Å². The summed E-state index contributed by atoms with van der Waals surface area (Å²) >= 11 is 0. The lowest BCUT2D eigenvalue weighted by Gasteiger charge is -2.18. The molecule has 1 aromatic carbocycles. The average molecular weight is 354 g/mol. The number of carbonyl (C=O) groups excluding carboxylic acids is 2. The first-order valence-electron chi connectivity index (χ1n) is 8.32. The Bertz CT molecular complexity index is 1010. The Morgan fingerprint density at radius 3 is 2.73 bits per heavy atom. The SMILES string of the molecule is O=C(Cc1ccc2[nH]c(=O)[nH]c2c1)NC1(CNC(=O)c2cnc[nH]2)CC1. The molecule has 1 saturated carbocycles. The third kappa shape index (κ3) is 3.37. The number of aromatic nitrogens is 4. The Morgan fingerprint density at radius 1 is 1.19 bits per heavy atom. The van der Waals surface area contributed by atoms with Gasteiger partial charge in [-0.3, -0.25) is 9.59 Å². The summed E-state index contributed by atoms with van der Waals surface area (Å²) in [7, 11) is 0. The fraction of sp³-hybridized carbons (Fsp3) is 0.294. The lowest BCUT2D eigenvalue weighted by Crippen LogP contribution is -2.46. The maximum atomic E-state index is 12.4. The number of fused-ring (bicyclic) bond motifs is 1. The monoisotopic (exact) mass is 354 g/mol. The van der Waals surface area contributed by atoms with Crippen molar-refractivity contribution in [1.29, 1.82) is 0 Å². The summed E-state index contributed by atoms with van der Waals surface area (Å²) in [5.41, 5.74) is 1.93. The van der Waals surface area contributed by atoms with Gasteiger partial charge in [0.15, 0.2) is 0 Å². The maximum Gasteiger partial charge on any atom is 0.323 e. The summed E-state index contributed by atoms with van der Waals surface area (Å²) in [6, 6.07) is 5.37. The van der Waals surface area contributed by atoms with Gasteiger partial charge in [0.1, 0.15) is 5.69 Å². The molecule has 1 aliphatic carbocycles. The summed E-state index contributed by atoms with van der Waals surface area (Å²) in [6.45, 7) is 0.376. The second-order valence-corrected chi connectivity index (χ2v) is 6.61. The highest BCUT2D eigenvalue weighted by Crippen LogP contribution is 2.34. The third-order valence-electron chi connectivity index (χ3n) is 4.53. The smallest absolute Gasteiger partial charge is 0.323 e. The molecule has 9 heteroatoms. The van der Waals surface area contributed by atoms with Crippen molar-refractivity contribution in [3.8, 4) is 0 Å². The molecule has 0 atom stereocenters. The normalized spacial score (nSPS) is 14.9. The minimum atomic E-state index is -0.376. The van der Waals surface area contributed by atoms with Crippen LogP contribution in [0.2, 0.25) is 0 Å². The average Bonchev–Trinajstić information content (AvgIpc) is 3.01. The van der Waals surface area contributed by atoms with E-state index in [1.54, 1.807) is 12.1 Å². The van der Waals surface area contributed by atoms with Gasteiger partial charge in [-0.2, -0.15) is 0 Å². The Hall–Kier alpha value is -3.36. The standard InChI is InChI=1S/C17H18N6O3/c24-14(6-10-1-2-11-12(5-10)22-16(26)21-11)23-17(3-4-17)8-19-15(25)13-7-18-9-20-13/h1-2,5,7,9H,3-4,6,8H2,(H,18,20)(H,19,25)(H,23,24)(H2,21,22,26). The molecule has 0 unspecified atom stereocenters. The number of hydrogen-bond donors (Lipinski definition) is 5. The first-order chi connectivity index (χ1) is 12.5. The van der Waals surface area contributed by atoms with Gasteiger partial charge in [-0.1, -0.05) is 6.07 Å². The quantitative estimate of drug-likeness (QED) is 0.432. The Morgan fingerprint density at radius 2 is 2.00 bits per heavy atom. The van der Waals surface area contributed by atoms with Crippen molar-refractivity contribution < 1.29 is 9.59 Å². The Balaban J connectivity index is 1.34. The van der Waals surface area contributed by atoms with E-state index in [9.17, 15) is 14.4 Å². The molecule has 2 amide bonds. The number of rotatable bonds is 6. The van der Waals surface area contributed by atoms with Crippen LogP contribution >= 0.6 is 0 Å². The van der Waals surface area contributed by atoms with Crippen molar-refractivity contribution >= 4 is 22.8 Å². The van der Waals surface area contributed by atoms with Crippen molar-refractivity contribution in [3.05, 3.63) is 52.5 Å². The van der Waals surface area contributed by atoms with Gasteiger partial charge in [0, 0.05) is 6.54 Å². The highest BCUT2D eigenvalue weighted by Gasteiger charge is 2.44. The molecule has 2 heterocycles. The summed E-state index contributed by atoms with van der Waals surface area (Å²) in [4.78, 5) is 47.5. The molecule has 0 bridgehead atoms. The molecule has 0 aliphatic heterocycles. The van der Waals surface area contributed by atoms with Crippen LogP contribution in [0.3, 0.4) is 0 Å². The van der Waals surface area contributed by atoms with E-state index < -0.39 is 0 Å². The predicted octanol–water partition coefficient (Wildman–Crippen LogP) is 0.201. The van der Waals surface area contributed by atoms with E-state index >= 15 is 0 Å². The highest BCUT2D eigenvalue weighted by molar-refractivity contribution is 5.92. The summed E-state index contributed by atoms with van der Waals surface area (Å²) < 4.78 is 0. The Labute approximate surface area is 147 Å². The van der Waals surface area contributed by atoms with E-state index in [0.717, 1.165) is 18.4 Å². The third-order valence-corrected chi connectivity index (χ3v) is 4.53. The molecule has 2 aromatic heterocycles. The predicted molar refractivity (Wildman–Crippen MR) is 93.7 cm³/mol. The lowest BCUT2D eigenvalue weighted by molar-refractivity contribution is -0.121. The van der Waals surface area contributed by atoms with Crippen LogP contribution in [-0.4, -0.2) is 43.8 Å². The number of benzene rings is 1. The topological polar surface area (TPSA) is 136 Å². The van der Waals surface area contributed by atoms with Gasteiger partial charge < -0.3 is 25.6 Å². The van der Waals surface area contributed by atoms with Crippen LogP contribution in [0, 0.1) is 0 Å². The van der Waals surface area contributed by atoms with Crippen molar-refractivity contribution in [1.82, 2.24) is 30.6 Å².